The summed E-state index contributed by atoms with van der Waals surface area (Å²) in [4.78, 5) is 39.5. The van der Waals surface area contributed by atoms with Gasteiger partial charge in [0.2, 0.25) is 11.7 Å². The minimum Gasteiger partial charge on any atom is -0.493 e. The number of ether oxygens (including phenoxy) is 3. The molecule has 182 valence electrons. The van der Waals surface area contributed by atoms with Crippen molar-refractivity contribution in [3.63, 3.8) is 0 Å². The monoisotopic (exact) mass is 469 g/mol. The predicted octanol–water partition coefficient (Wildman–Crippen LogP) is 3.63. The fraction of sp³-hybridized carbons (Fsp3) is 0.400. The second kappa shape index (κ2) is 10.0. The van der Waals surface area contributed by atoms with Crippen LogP contribution in [0.3, 0.4) is 0 Å². The van der Waals surface area contributed by atoms with Crippen LogP contribution >= 0.6 is 0 Å². The number of anilines is 1. The molecule has 34 heavy (non-hydrogen) atoms. The van der Waals surface area contributed by atoms with Gasteiger partial charge < -0.3 is 24.8 Å². The van der Waals surface area contributed by atoms with Crippen molar-refractivity contribution in [1.29, 1.82) is 0 Å². The van der Waals surface area contributed by atoms with E-state index in [1.54, 1.807) is 19.1 Å². The van der Waals surface area contributed by atoms with Gasteiger partial charge in [0.15, 0.2) is 11.5 Å². The number of benzene rings is 2. The first-order valence-corrected chi connectivity index (χ1v) is 11.0. The molecule has 2 aromatic carbocycles. The van der Waals surface area contributed by atoms with Crippen molar-refractivity contribution < 1.29 is 28.6 Å². The van der Waals surface area contributed by atoms with E-state index in [-0.39, 0.29) is 0 Å². The summed E-state index contributed by atoms with van der Waals surface area (Å²) >= 11 is 0. The summed E-state index contributed by atoms with van der Waals surface area (Å²) in [6.07, 6.45) is 1.02. The summed E-state index contributed by atoms with van der Waals surface area (Å²) in [6.45, 7) is 5.40. The third-order valence-corrected chi connectivity index (χ3v) is 6.19. The normalized spacial score (nSPS) is 18.4. The summed E-state index contributed by atoms with van der Waals surface area (Å²) in [5, 5.41) is 5.43. The van der Waals surface area contributed by atoms with Gasteiger partial charge in [0.25, 0.3) is 5.91 Å². The van der Waals surface area contributed by atoms with E-state index >= 15 is 0 Å². The molecule has 0 radical (unpaired) electrons. The van der Waals surface area contributed by atoms with Crippen molar-refractivity contribution in [1.82, 2.24) is 10.2 Å². The van der Waals surface area contributed by atoms with Crippen LogP contribution in [0.25, 0.3) is 0 Å². The molecule has 2 aromatic rings. The first-order chi connectivity index (χ1) is 16.2. The van der Waals surface area contributed by atoms with Gasteiger partial charge in [-0.05, 0) is 54.7 Å². The van der Waals surface area contributed by atoms with Gasteiger partial charge in [-0.2, -0.15) is 0 Å². The molecular weight excluding hydrogens is 438 g/mol. The average Bonchev–Trinajstić information content (AvgIpc) is 3.06. The van der Waals surface area contributed by atoms with E-state index in [0.717, 1.165) is 11.3 Å². The first-order valence-electron chi connectivity index (χ1n) is 11.0. The number of carbonyl (C=O) groups excluding carboxylic acids is 3. The van der Waals surface area contributed by atoms with Crippen LogP contribution in [0.2, 0.25) is 0 Å². The molecule has 3 rings (SSSR count). The number of hydrogen-bond donors (Lipinski definition) is 2. The molecule has 2 atom stereocenters. The highest BCUT2D eigenvalue weighted by Gasteiger charge is 2.50. The Morgan fingerprint density at radius 1 is 1.06 bits per heavy atom. The zero-order valence-electron chi connectivity index (χ0n) is 20.4. The number of amides is 4. The summed E-state index contributed by atoms with van der Waals surface area (Å²) < 4.78 is 16.1. The number of carbonyl (C=O) groups is 3. The van der Waals surface area contributed by atoms with Crippen LogP contribution in [0, 0.1) is 0 Å². The Hall–Kier alpha value is -3.75. The van der Waals surface area contributed by atoms with Gasteiger partial charge in [-0.3, -0.25) is 14.5 Å². The van der Waals surface area contributed by atoms with Crippen LogP contribution in [0.5, 0.6) is 17.2 Å². The summed E-state index contributed by atoms with van der Waals surface area (Å²) in [6, 6.07) is 10.1. The number of rotatable bonds is 9. The third-order valence-electron chi connectivity index (χ3n) is 6.19. The molecule has 4 amide bonds. The first kappa shape index (κ1) is 24.9. The number of imide groups is 1. The largest absolute Gasteiger partial charge is 0.493 e. The minimum absolute atomic E-state index is 0.345. The van der Waals surface area contributed by atoms with Gasteiger partial charge >= 0.3 is 6.03 Å². The van der Waals surface area contributed by atoms with Crippen molar-refractivity contribution in [3.05, 3.63) is 47.5 Å². The van der Waals surface area contributed by atoms with Gasteiger partial charge in [-0.1, -0.05) is 26.0 Å². The maximum atomic E-state index is 13.3. The van der Waals surface area contributed by atoms with Gasteiger partial charge in [0, 0.05) is 5.69 Å². The molecule has 0 bridgehead atoms. The lowest BCUT2D eigenvalue weighted by Crippen LogP contribution is -2.42. The van der Waals surface area contributed by atoms with Crippen LogP contribution in [0.15, 0.2) is 36.4 Å². The zero-order valence-corrected chi connectivity index (χ0v) is 20.4. The zero-order chi connectivity index (χ0) is 25.0. The Morgan fingerprint density at radius 2 is 1.65 bits per heavy atom. The molecule has 0 unspecified atom stereocenters. The number of methoxy groups -OCH3 is 3. The molecule has 9 nitrogen and oxygen atoms in total. The van der Waals surface area contributed by atoms with E-state index in [0.29, 0.717) is 34.4 Å². The molecule has 1 fully saturated rings. The van der Waals surface area contributed by atoms with Crippen molar-refractivity contribution in [2.45, 2.75) is 38.6 Å². The smallest absolute Gasteiger partial charge is 0.325 e. The molecule has 9 heteroatoms. The second-order valence-corrected chi connectivity index (χ2v) is 8.34. The van der Waals surface area contributed by atoms with Gasteiger partial charge in [0.1, 0.15) is 12.1 Å². The Morgan fingerprint density at radius 3 is 2.15 bits per heavy atom. The van der Waals surface area contributed by atoms with E-state index in [1.165, 1.54) is 26.9 Å². The summed E-state index contributed by atoms with van der Waals surface area (Å²) in [5.41, 5.74) is 0.790. The van der Waals surface area contributed by atoms with Crippen LogP contribution in [-0.2, 0) is 15.1 Å². The lowest BCUT2D eigenvalue weighted by molar-refractivity contribution is -0.133. The van der Waals surface area contributed by atoms with Crippen molar-refractivity contribution >= 4 is 23.5 Å². The van der Waals surface area contributed by atoms with Crippen LogP contribution in [-0.4, -0.2) is 50.6 Å². The lowest BCUT2D eigenvalue weighted by atomic mass is 9.91. The van der Waals surface area contributed by atoms with E-state index in [2.05, 4.69) is 24.5 Å². The fourth-order valence-corrected chi connectivity index (χ4v) is 3.88. The quantitative estimate of drug-likeness (QED) is 0.543. The molecule has 1 aliphatic rings. The molecule has 1 saturated heterocycles. The number of nitrogens with one attached hydrogen (secondary N) is 2. The Balaban J connectivity index is 1.78. The Bertz CT molecular complexity index is 1060. The van der Waals surface area contributed by atoms with E-state index in [4.69, 9.17) is 14.2 Å². The lowest BCUT2D eigenvalue weighted by Gasteiger charge is -2.24. The average molecular weight is 470 g/mol. The predicted molar refractivity (Wildman–Crippen MR) is 127 cm³/mol. The number of nitrogens with zero attached hydrogens (tertiary/aromatic N) is 1. The Kier molecular flexibility index (Phi) is 7.34. The number of urea groups is 1. The minimum atomic E-state index is -1.41. The maximum absolute atomic E-state index is 13.3. The molecule has 2 N–H and O–H groups in total. The van der Waals surface area contributed by atoms with Gasteiger partial charge in [-0.15, -0.1) is 0 Å². The van der Waals surface area contributed by atoms with Crippen LogP contribution in [0.1, 0.15) is 44.2 Å². The second-order valence-electron chi connectivity index (χ2n) is 8.34. The molecular formula is C25H31N3O6. The summed E-state index contributed by atoms with van der Waals surface area (Å²) in [7, 11) is 4.40. The van der Waals surface area contributed by atoms with Crippen molar-refractivity contribution in [3.8, 4) is 17.2 Å². The summed E-state index contributed by atoms with van der Waals surface area (Å²) in [5.74, 6) is 0.436. The van der Waals surface area contributed by atoms with E-state index in [9.17, 15) is 14.4 Å². The van der Waals surface area contributed by atoms with Crippen molar-refractivity contribution in [2.75, 3.05) is 33.2 Å². The van der Waals surface area contributed by atoms with Gasteiger partial charge in [0.05, 0.1) is 21.3 Å². The van der Waals surface area contributed by atoms with Crippen molar-refractivity contribution in [2.24, 2.45) is 0 Å². The van der Waals surface area contributed by atoms with E-state index < -0.39 is 29.9 Å². The maximum Gasteiger partial charge on any atom is 0.325 e. The fourth-order valence-electron chi connectivity index (χ4n) is 3.88. The molecule has 0 saturated carbocycles. The molecule has 0 aromatic heterocycles. The molecule has 0 spiro atoms. The number of hydrogen-bond acceptors (Lipinski definition) is 6. The molecule has 1 aliphatic heterocycles. The highest BCUT2D eigenvalue weighted by Crippen LogP contribution is 2.42. The topological polar surface area (TPSA) is 106 Å². The van der Waals surface area contributed by atoms with Crippen LogP contribution in [0.4, 0.5) is 10.5 Å². The highest BCUT2D eigenvalue weighted by atomic mass is 16.5. The van der Waals surface area contributed by atoms with Crippen LogP contribution < -0.4 is 24.8 Å². The standard InChI is InChI=1S/C25H31N3O6/c1-7-15(2)16-8-10-18(11-9-16)26-21(29)14-28-23(30)25(3,27-24(28)31)17-12-19(32-4)22(34-6)20(13-17)33-5/h8-13,15H,7,14H2,1-6H3,(H,26,29)(H,27,31)/t15-,25-/m1/s1. The molecule has 0 aliphatic carbocycles. The SMILES string of the molecule is CC[C@@H](C)c1ccc(NC(=O)CN2C(=O)N[C@](C)(c3cc(OC)c(OC)c(OC)c3)C2=O)cc1. The molecule has 1 heterocycles. The van der Waals surface area contributed by atoms with E-state index in [1.807, 2.05) is 24.3 Å². The van der Waals surface area contributed by atoms with Gasteiger partial charge in [-0.25, -0.2) is 4.79 Å². The highest BCUT2D eigenvalue weighted by molar-refractivity contribution is 6.10. The third kappa shape index (κ3) is 4.64. The Labute approximate surface area is 199 Å².